The summed E-state index contributed by atoms with van der Waals surface area (Å²) in [6.45, 7) is 11.5. The number of rotatable bonds is 5. The third-order valence-corrected chi connectivity index (χ3v) is 4.54. The van der Waals surface area contributed by atoms with Gasteiger partial charge in [0.05, 0.1) is 0 Å². The van der Waals surface area contributed by atoms with Gasteiger partial charge in [-0.2, -0.15) is 0 Å². The van der Waals surface area contributed by atoms with Crippen LogP contribution in [0.2, 0.25) is 0 Å². The normalized spacial score (nSPS) is 15.9. The quantitative estimate of drug-likeness (QED) is 0.846. The molecule has 0 bridgehead atoms. The summed E-state index contributed by atoms with van der Waals surface area (Å²) in [6.07, 6.45) is 2.90. The summed E-state index contributed by atoms with van der Waals surface area (Å²) in [4.78, 5) is 18.6. The first kappa shape index (κ1) is 16.8. The molecule has 0 spiro atoms. The van der Waals surface area contributed by atoms with Crippen molar-refractivity contribution in [1.29, 1.82) is 0 Å². The fourth-order valence-electron chi connectivity index (χ4n) is 3.02. The number of piperazine rings is 1. The maximum Gasteiger partial charge on any atom is 0.225 e. The van der Waals surface area contributed by atoms with Gasteiger partial charge in [-0.05, 0) is 31.0 Å². The molecule has 128 valence electrons. The number of aryl methyl sites for hydroxylation is 1. The van der Waals surface area contributed by atoms with Crippen molar-refractivity contribution in [3.05, 3.63) is 47.5 Å². The summed E-state index contributed by atoms with van der Waals surface area (Å²) < 4.78 is 0. The Hall–Kier alpha value is -2.01. The van der Waals surface area contributed by atoms with Gasteiger partial charge in [0.25, 0.3) is 0 Å². The third kappa shape index (κ3) is 4.29. The molecule has 0 saturated carbocycles. The predicted molar refractivity (Wildman–Crippen MR) is 97.5 cm³/mol. The summed E-state index contributed by atoms with van der Waals surface area (Å²) in [6, 6.07) is 8.27. The van der Waals surface area contributed by atoms with E-state index in [0.29, 0.717) is 5.92 Å². The third-order valence-electron chi connectivity index (χ3n) is 4.54. The lowest BCUT2D eigenvalue weighted by atomic mass is 10.1. The number of nitrogens with zero attached hydrogens (tertiary/aromatic N) is 5. The van der Waals surface area contributed by atoms with Crippen LogP contribution in [0, 0.1) is 6.92 Å². The molecule has 0 aliphatic carbocycles. The van der Waals surface area contributed by atoms with Crippen LogP contribution in [0.3, 0.4) is 0 Å². The predicted octanol–water partition coefficient (Wildman–Crippen LogP) is 2.67. The Morgan fingerprint density at radius 3 is 2.54 bits per heavy atom. The molecule has 2 aromatic rings. The first-order chi connectivity index (χ1) is 11.6. The van der Waals surface area contributed by atoms with Gasteiger partial charge >= 0.3 is 0 Å². The second-order valence-corrected chi connectivity index (χ2v) is 6.79. The molecule has 1 aliphatic heterocycles. The van der Waals surface area contributed by atoms with E-state index in [4.69, 9.17) is 4.98 Å². The molecule has 5 nitrogen and oxygen atoms in total. The molecule has 0 atom stereocenters. The first-order valence-corrected chi connectivity index (χ1v) is 8.84. The van der Waals surface area contributed by atoms with E-state index in [1.807, 2.05) is 25.3 Å². The highest BCUT2D eigenvalue weighted by atomic mass is 15.3. The minimum absolute atomic E-state index is 0.440. The van der Waals surface area contributed by atoms with Crippen LogP contribution in [-0.2, 0) is 6.42 Å². The molecule has 0 N–H and O–H groups in total. The number of hydrogen-bond donors (Lipinski definition) is 0. The van der Waals surface area contributed by atoms with Crippen molar-refractivity contribution >= 4 is 5.95 Å². The fraction of sp³-hybridized carbons (Fsp3) is 0.526. The Morgan fingerprint density at radius 2 is 1.83 bits per heavy atom. The minimum atomic E-state index is 0.440. The van der Waals surface area contributed by atoms with Gasteiger partial charge in [-0.15, -0.1) is 0 Å². The minimum Gasteiger partial charge on any atom is -0.338 e. The van der Waals surface area contributed by atoms with E-state index in [1.165, 1.54) is 5.69 Å². The van der Waals surface area contributed by atoms with E-state index in [-0.39, 0.29) is 0 Å². The molecule has 24 heavy (non-hydrogen) atoms. The van der Waals surface area contributed by atoms with Crippen molar-refractivity contribution in [2.24, 2.45) is 0 Å². The molecule has 1 aliphatic rings. The van der Waals surface area contributed by atoms with Crippen molar-refractivity contribution in [1.82, 2.24) is 19.9 Å². The van der Waals surface area contributed by atoms with E-state index < -0.39 is 0 Å². The van der Waals surface area contributed by atoms with Gasteiger partial charge in [0.1, 0.15) is 0 Å². The molecule has 5 heteroatoms. The molecule has 0 amide bonds. The van der Waals surface area contributed by atoms with Crippen molar-refractivity contribution in [3.8, 4) is 0 Å². The molecule has 3 rings (SSSR count). The molecule has 0 aromatic carbocycles. The lowest BCUT2D eigenvalue weighted by molar-refractivity contribution is 0.259. The summed E-state index contributed by atoms with van der Waals surface area (Å²) in [7, 11) is 0. The topological polar surface area (TPSA) is 45.2 Å². The van der Waals surface area contributed by atoms with Gasteiger partial charge in [0, 0.05) is 62.4 Å². The highest BCUT2D eigenvalue weighted by molar-refractivity contribution is 5.31. The number of aromatic nitrogens is 3. The van der Waals surface area contributed by atoms with Crippen LogP contribution in [0.1, 0.15) is 36.8 Å². The second-order valence-electron chi connectivity index (χ2n) is 6.79. The van der Waals surface area contributed by atoms with Gasteiger partial charge in [0.15, 0.2) is 0 Å². The zero-order valence-electron chi connectivity index (χ0n) is 14.9. The lowest BCUT2D eigenvalue weighted by Gasteiger charge is -2.34. The zero-order chi connectivity index (χ0) is 16.9. The summed E-state index contributed by atoms with van der Waals surface area (Å²) >= 11 is 0. The van der Waals surface area contributed by atoms with Crippen molar-refractivity contribution < 1.29 is 0 Å². The van der Waals surface area contributed by atoms with E-state index in [1.54, 1.807) is 0 Å². The van der Waals surface area contributed by atoms with Gasteiger partial charge in [-0.1, -0.05) is 19.9 Å². The van der Waals surface area contributed by atoms with Gasteiger partial charge < -0.3 is 4.90 Å². The van der Waals surface area contributed by atoms with Crippen LogP contribution in [0.15, 0.2) is 30.5 Å². The maximum atomic E-state index is 4.71. The van der Waals surface area contributed by atoms with Crippen LogP contribution in [0.5, 0.6) is 0 Å². The molecule has 2 aromatic heterocycles. The SMILES string of the molecule is Cc1cccc(CCN2CCN(c3nccc(C(C)C)n3)CC2)n1. The fourth-order valence-corrected chi connectivity index (χ4v) is 3.02. The average molecular weight is 325 g/mol. The number of hydrogen-bond acceptors (Lipinski definition) is 5. The molecule has 0 radical (unpaired) electrons. The van der Waals surface area contributed by atoms with Gasteiger partial charge in [0.2, 0.25) is 5.95 Å². The van der Waals surface area contributed by atoms with E-state index in [2.05, 4.69) is 45.7 Å². The van der Waals surface area contributed by atoms with Crippen LogP contribution in [-0.4, -0.2) is 52.6 Å². The van der Waals surface area contributed by atoms with E-state index in [0.717, 1.165) is 56.5 Å². The Morgan fingerprint density at radius 1 is 1.04 bits per heavy atom. The molecule has 0 unspecified atom stereocenters. The highest BCUT2D eigenvalue weighted by Gasteiger charge is 2.19. The van der Waals surface area contributed by atoms with E-state index in [9.17, 15) is 0 Å². The summed E-state index contributed by atoms with van der Waals surface area (Å²) in [5, 5.41) is 0. The lowest BCUT2D eigenvalue weighted by Crippen LogP contribution is -2.47. The average Bonchev–Trinajstić information content (AvgIpc) is 2.60. The van der Waals surface area contributed by atoms with Crippen molar-refractivity contribution in [2.45, 2.75) is 33.1 Å². The van der Waals surface area contributed by atoms with Crippen LogP contribution in [0.25, 0.3) is 0 Å². The Balaban J connectivity index is 1.51. The molecular formula is C19H27N5. The molecular weight excluding hydrogens is 298 g/mol. The smallest absolute Gasteiger partial charge is 0.225 e. The Labute approximate surface area is 144 Å². The standard InChI is InChI=1S/C19H27N5/c1-15(2)18-7-9-20-19(22-18)24-13-11-23(12-14-24)10-8-17-6-4-5-16(3)21-17/h4-7,9,15H,8,10-14H2,1-3H3. The highest BCUT2D eigenvalue weighted by Crippen LogP contribution is 2.16. The summed E-state index contributed by atoms with van der Waals surface area (Å²) in [5.74, 6) is 1.32. The van der Waals surface area contributed by atoms with Crippen molar-refractivity contribution in [3.63, 3.8) is 0 Å². The Bertz CT molecular complexity index is 662. The maximum absolute atomic E-state index is 4.71. The van der Waals surface area contributed by atoms with Crippen LogP contribution in [0.4, 0.5) is 5.95 Å². The van der Waals surface area contributed by atoms with Gasteiger partial charge in [-0.3, -0.25) is 9.88 Å². The van der Waals surface area contributed by atoms with E-state index >= 15 is 0 Å². The number of anilines is 1. The number of pyridine rings is 1. The monoisotopic (exact) mass is 325 g/mol. The van der Waals surface area contributed by atoms with Crippen LogP contribution < -0.4 is 4.90 Å². The molecule has 1 fully saturated rings. The Kier molecular flexibility index (Phi) is 5.41. The van der Waals surface area contributed by atoms with Crippen molar-refractivity contribution in [2.75, 3.05) is 37.6 Å². The first-order valence-electron chi connectivity index (χ1n) is 8.84. The zero-order valence-corrected chi connectivity index (χ0v) is 14.9. The summed E-state index contributed by atoms with van der Waals surface area (Å²) in [5.41, 5.74) is 3.40. The second kappa shape index (κ2) is 7.71. The van der Waals surface area contributed by atoms with Crippen LogP contribution >= 0.6 is 0 Å². The molecule has 1 saturated heterocycles. The largest absolute Gasteiger partial charge is 0.338 e. The molecule has 3 heterocycles. The van der Waals surface area contributed by atoms with Gasteiger partial charge in [-0.25, -0.2) is 9.97 Å².